The molecular formula is C22H16N6O2. The lowest BCUT2D eigenvalue weighted by Crippen LogP contribution is -2.25. The molecule has 3 aromatic carbocycles. The summed E-state index contributed by atoms with van der Waals surface area (Å²) in [4.78, 5) is 25.2. The van der Waals surface area contributed by atoms with E-state index in [2.05, 4.69) is 20.6 Å². The number of hydrogen-bond donors (Lipinski definition) is 0. The maximum absolute atomic E-state index is 12.6. The van der Waals surface area contributed by atoms with E-state index in [-0.39, 0.29) is 11.1 Å². The Kier molecular flexibility index (Phi) is 4.36. The highest BCUT2D eigenvalue weighted by Crippen LogP contribution is 2.09. The molecule has 0 amide bonds. The minimum absolute atomic E-state index is 0.178. The van der Waals surface area contributed by atoms with Crippen LogP contribution in [-0.4, -0.2) is 30.0 Å². The first-order valence-electron chi connectivity index (χ1n) is 9.42. The maximum Gasteiger partial charge on any atom is 0.277 e. The van der Waals surface area contributed by atoms with E-state index in [9.17, 15) is 9.59 Å². The van der Waals surface area contributed by atoms with Gasteiger partial charge in [-0.05, 0) is 35.4 Å². The summed E-state index contributed by atoms with van der Waals surface area (Å²) in [6.45, 7) is 0.624. The van der Waals surface area contributed by atoms with E-state index in [1.165, 1.54) is 9.36 Å². The molecule has 0 bridgehead atoms. The largest absolute Gasteiger partial charge is 0.277 e. The topological polar surface area (TPSA) is 95.6 Å². The fraction of sp³-hybridized carbons (Fsp3) is 0.0909. The number of fused-ring (bicyclic) bond motifs is 2. The lowest BCUT2D eigenvalue weighted by atomic mass is 10.1. The van der Waals surface area contributed by atoms with Gasteiger partial charge >= 0.3 is 0 Å². The van der Waals surface area contributed by atoms with Crippen LogP contribution in [0, 0.1) is 0 Å². The third kappa shape index (κ3) is 3.24. The van der Waals surface area contributed by atoms with Crippen LogP contribution in [-0.2, 0) is 13.1 Å². The van der Waals surface area contributed by atoms with Crippen molar-refractivity contribution < 1.29 is 0 Å². The smallest absolute Gasteiger partial charge is 0.267 e. The van der Waals surface area contributed by atoms with Crippen molar-refractivity contribution in [2.24, 2.45) is 0 Å². The molecule has 0 saturated carbocycles. The molecule has 0 unspecified atom stereocenters. The molecule has 0 atom stereocenters. The highest BCUT2D eigenvalue weighted by molar-refractivity contribution is 5.77. The van der Waals surface area contributed by atoms with Crippen LogP contribution < -0.4 is 11.1 Å². The van der Waals surface area contributed by atoms with Crippen molar-refractivity contribution in [3.05, 3.63) is 105 Å². The molecule has 0 aliphatic heterocycles. The van der Waals surface area contributed by atoms with Crippen molar-refractivity contribution in [3.63, 3.8) is 0 Å². The summed E-state index contributed by atoms with van der Waals surface area (Å²) in [5.41, 5.74) is 2.61. The maximum atomic E-state index is 12.6. The van der Waals surface area contributed by atoms with Gasteiger partial charge in [0, 0.05) is 0 Å². The van der Waals surface area contributed by atoms with Gasteiger partial charge in [0.05, 0.1) is 23.9 Å². The Morgan fingerprint density at radius 2 is 0.967 bits per heavy atom. The van der Waals surface area contributed by atoms with Crippen molar-refractivity contribution in [1.82, 2.24) is 30.0 Å². The molecule has 5 aromatic rings. The second-order valence-corrected chi connectivity index (χ2v) is 6.96. The third-order valence-corrected chi connectivity index (χ3v) is 4.95. The van der Waals surface area contributed by atoms with Crippen LogP contribution in [0.4, 0.5) is 0 Å². The molecule has 2 heterocycles. The first-order chi connectivity index (χ1) is 14.7. The SMILES string of the molecule is O=c1c2ccccc2nnn1Cc1ccc(Cn2nnc3ccccc3c2=O)cc1. The molecule has 0 aliphatic carbocycles. The Morgan fingerprint density at radius 3 is 1.40 bits per heavy atom. The first kappa shape index (κ1) is 17.9. The summed E-state index contributed by atoms with van der Waals surface area (Å²) in [5, 5.41) is 17.3. The van der Waals surface area contributed by atoms with Gasteiger partial charge in [-0.2, -0.15) is 0 Å². The molecule has 2 aromatic heterocycles. The van der Waals surface area contributed by atoms with Gasteiger partial charge in [-0.25, -0.2) is 9.36 Å². The molecule has 146 valence electrons. The zero-order valence-electron chi connectivity index (χ0n) is 15.8. The van der Waals surface area contributed by atoms with Gasteiger partial charge < -0.3 is 0 Å². The van der Waals surface area contributed by atoms with Gasteiger partial charge in [0.15, 0.2) is 0 Å². The molecule has 0 spiro atoms. The molecule has 8 heteroatoms. The van der Waals surface area contributed by atoms with Gasteiger partial charge in [-0.15, -0.1) is 10.2 Å². The van der Waals surface area contributed by atoms with Gasteiger partial charge in [0.25, 0.3) is 11.1 Å². The molecule has 0 N–H and O–H groups in total. The van der Waals surface area contributed by atoms with Crippen molar-refractivity contribution in [3.8, 4) is 0 Å². The van der Waals surface area contributed by atoms with Crippen LogP contribution in [0.3, 0.4) is 0 Å². The number of nitrogens with zero attached hydrogens (tertiary/aromatic N) is 6. The lowest BCUT2D eigenvalue weighted by molar-refractivity contribution is 0.595. The van der Waals surface area contributed by atoms with E-state index < -0.39 is 0 Å². The fourth-order valence-electron chi connectivity index (χ4n) is 3.35. The van der Waals surface area contributed by atoms with E-state index in [0.29, 0.717) is 34.9 Å². The van der Waals surface area contributed by atoms with E-state index in [1.54, 1.807) is 24.3 Å². The van der Waals surface area contributed by atoms with E-state index in [1.807, 2.05) is 48.5 Å². The highest BCUT2D eigenvalue weighted by Gasteiger charge is 2.08. The highest BCUT2D eigenvalue weighted by atomic mass is 16.1. The standard InChI is InChI=1S/C22H16N6O2/c29-21-17-5-1-3-7-19(17)23-25-27(21)13-15-9-11-16(12-10-15)14-28-22(30)18-6-2-4-8-20(18)24-26-28/h1-12H,13-14H2. The molecule has 0 saturated heterocycles. The van der Waals surface area contributed by atoms with Crippen molar-refractivity contribution in [2.75, 3.05) is 0 Å². The molecule has 8 nitrogen and oxygen atoms in total. The Morgan fingerprint density at radius 1 is 0.567 bits per heavy atom. The molecule has 0 aliphatic rings. The predicted molar refractivity (Wildman–Crippen MR) is 112 cm³/mol. The quantitative estimate of drug-likeness (QED) is 0.461. The third-order valence-electron chi connectivity index (χ3n) is 4.95. The fourth-order valence-corrected chi connectivity index (χ4v) is 3.35. The van der Waals surface area contributed by atoms with E-state index >= 15 is 0 Å². The summed E-state index contributed by atoms with van der Waals surface area (Å²) in [6.07, 6.45) is 0. The van der Waals surface area contributed by atoms with Gasteiger partial charge in [-0.1, -0.05) is 59.0 Å². The van der Waals surface area contributed by atoms with Crippen molar-refractivity contribution in [1.29, 1.82) is 0 Å². The van der Waals surface area contributed by atoms with E-state index in [4.69, 9.17) is 0 Å². The van der Waals surface area contributed by atoms with Crippen LogP contribution in [0.15, 0.2) is 82.4 Å². The zero-order valence-corrected chi connectivity index (χ0v) is 15.8. The van der Waals surface area contributed by atoms with Gasteiger partial charge in [-0.3, -0.25) is 9.59 Å². The Labute approximate surface area is 170 Å². The second kappa shape index (κ2) is 7.32. The molecule has 0 radical (unpaired) electrons. The summed E-state index contributed by atoms with van der Waals surface area (Å²) in [7, 11) is 0. The Hall–Kier alpha value is -4.20. The van der Waals surface area contributed by atoms with Crippen LogP contribution in [0.25, 0.3) is 21.8 Å². The van der Waals surface area contributed by atoms with Crippen molar-refractivity contribution in [2.45, 2.75) is 13.1 Å². The number of benzene rings is 3. The van der Waals surface area contributed by atoms with Crippen LogP contribution >= 0.6 is 0 Å². The minimum atomic E-state index is -0.178. The molecule has 0 fully saturated rings. The van der Waals surface area contributed by atoms with Crippen LogP contribution in [0.2, 0.25) is 0 Å². The molecular weight excluding hydrogens is 380 g/mol. The average Bonchev–Trinajstić information content (AvgIpc) is 2.79. The monoisotopic (exact) mass is 396 g/mol. The molecule has 30 heavy (non-hydrogen) atoms. The zero-order chi connectivity index (χ0) is 20.5. The lowest BCUT2D eigenvalue weighted by Gasteiger charge is -2.08. The second-order valence-electron chi connectivity index (χ2n) is 6.96. The van der Waals surface area contributed by atoms with E-state index in [0.717, 1.165) is 11.1 Å². The molecule has 5 rings (SSSR count). The summed E-state index contributed by atoms with van der Waals surface area (Å²) >= 11 is 0. The summed E-state index contributed by atoms with van der Waals surface area (Å²) in [5.74, 6) is 0. The van der Waals surface area contributed by atoms with Gasteiger partial charge in [0.2, 0.25) is 0 Å². The average molecular weight is 396 g/mol. The van der Waals surface area contributed by atoms with Crippen molar-refractivity contribution >= 4 is 21.8 Å². The summed E-state index contributed by atoms with van der Waals surface area (Å²) in [6, 6.07) is 21.9. The normalized spacial score (nSPS) is 11.2. The first-order valence-corrected chi connectivity index (χ1v) is 9.42. The number of hydrogen-bond acceptors (Lipinski definition) is 6. The Bertz CT molecular complexity index is 1370. The van der Waals surface area contributed by atoms with Crippen LogP contribution in [0.1, 0.15) is 11.1 Å². The van der Waals surface area contributed by atoms with Gasteiger partial charge in [0.1, 0.15) is 11.0 Å². The summed E-state index contributed by atoms with van der Waals surface area (Å²) < 4.78 is 2.69. The predicted octanol–water partition coefficient (Wildman–Crippen LogP) is 1.99. The Balaban J connectivity index is 1.39. The number of rotatable bonds is 4. The number of aromatic nitrogens is 6. The van der Waals surface area contributed by atoms with Crippen LogP contribution in [0.5, 0.6) is 0 Å². The minimum Gasteiger partial charge on any atom is -0.267 e.